The van der Waals surface area contributed by atoms with Gasteiger partial charge in [-0.15, -0.1) is 0 Å². The summed E-state index contributed by atoms with van der Waals surface area (Å²) < 4.78 is 47.5. The van der Waals surface area contributed by atoms with Crippen molar-refractivity contribution in [3.05, 3.63) is 52.9 Å². The normalized spacial score (nSPS) is 14.8. The van der Waals surface area contributed by atoms with Crippen LogP contribution in [0.3, 0.4) is 0 Å². The Hall–Kier alpha value is -2.36. The fourth-order valence-corrected chi connectivity index (χ4v) is 6.41. The van der Waals surface area contributed by atoms with E-state index >= 15 is 0 Å². The fraction of sp³-hybridized carbons (Fsp3) is 0.348. The van der Waals surface area contributed by atoms with Crippen molar-refractivity contribution in [3.63, 3.8) is 0 Å². The summed E-state index contributed by atoms with van der Waals surface area (Å²) in [6, 6.07) is 9.07. The van der Waals surface area contributed by atoms with Gasteiger partial charge in [0.05, 0.1) is 28.4 Å². The summed E-state index contributed by atoms with van der Waals surface area (Å²) in [6.45, 7) is 1.91. The van der Waals surface area contributed by atoms with E-state index < -0.39 is 15.8 Å². The van der Waals surface area contributed by atoms with Gasteiger partial charge in [0, 0.05) is 6.04 Å². The number of rotatable bonds is 7. The molecule has 0 spiro atoms. The Bertz CT molecular complexity index is 1260. The lowest BCUT2D eigenvalue weighted by Gasteiger charge is -2.22. The average Bonchev–Trinajstić information content (AvgIpc) is 3.16. The molecule has 3 aromatic rings. The summed E-state index contributed by atoms with van der Waals surface area (Å²) in [6.07, 6.45) is 6.00. The molecule has 0 atom stereocenters. The molecule has 10 heteroatoms. The van der Waals surface area contributed by atoms with Gasteiger partial charge >= 0.3 is 0 Å². The van der Waals surface area contributed by atoms with Crippen LogP contribution in [0.4, 0.5) is 15.2 Å². The van der Waals surface area contributed by atoms with Crippen LogP contribution in [0.1, 0.15) is 37.8 Å². The first kappa shape index (κ1) is 23.8. The van der Waals surface area contributed by atoms with E-state index in [1.54, 1.807) is 12.1 Å². The number of aromatic nitrogens is 1. The SMILES string of the molecule is COc1ccc(-c2sc(NC3CCCCC3)nc2C)cc1S(=O)(=O)Nc1ccc(F)c(Cl)c1. The van der Waals surface area contributed by atoms with Crippen molar-refractivity contribution in [2.75, 3.05) is 17.1 Å². The van der Waals surface area contributed by atoms with E-state index in [1.165, 1.54) is 49.8 Å². The molecule has 1 heterocycles. The van der Waals surface area contributed by atoms with Crippen LogP contribution in [0.2, 0.25) is 5.02 Å². The summed E-state index contributed by atoms with van der Waals surface area (Å²) >= 11 is 7.31. The Labute approximate surface area is 202 Å². The number of ether oxygens (including phenoxy) is 1. The summed E-state index contributed by atoms with van der Waals surface area (Å²) in [5.41, 5.74) is 1.70. The van der Waals surface area contributed by atoms with E-state index in [1.807, 2.05) is 13.0 Å². The van der Waals surface area contributed by atoms with E-state index in [9.17, 15) is 12.8 Å². The number of methoxy groups -OCH3 is 1. The molecular formula is C23H25ClFN3O3S2. The number of sulfonamides is 1. The van der Waals surface area contributed by atoms with Crippen molar-refractivity contribution in [1.82, 2.24) is 4.98 Å². The lowest BCUT2D eigenvalue weighted by molar-refractivity contribution is 0.403. The Balaban J connectivity index is 1.64. The van der Waals surface area contributed by atoms with Crippen LogP contribution >= 0.6 is 22.9 Å². The monoisotopic (exact) mass is 509 g/mol. The lowest BCUT2D eigenvalue weighted by atomic mass is 9.96. The van der Waals surface area contributed by atoms with Crippen molar-refractivity contribution in [2.24, 2.45) is 0 Å². The molecule has 0 saturated heterocycles. The predicted molar refractivity (Wildman–Crippen MR) is 132 cm³/mol. The van der Waals surface area contributed by atoms with Gasteiger partial charge in [0.1, 0.15) is 16.5 Å². The van der Waals surface area contributed by atoms with Gasteiger partial charge in [-0.05, 0) is 61.7 Å². The maximum absolute atomic E-state index is 13.5. The molecule has 1 fully saturated rings. The smallest absolute Gasteiger partial charge is 0.265 e. The van der Waals surface area contributed by atoms with Crippen LogP contribution in [0.25, 0.3) is 10.4 Å². The zero-order valence-electron chi connectivity index (χ0n) is 18.3. The number of hydrogen-bond acceptors (Lipinski definition) is 6. The van der Waals surface area contributed by atoms with Gasteiger partial charge in [0.25, 0.3) is 10.0 Å². The molecule has 1 aromatic heterocycles. The number of nitrogens with zero attached hydrogens (tertiary/aromatic N) is 1. The largest absolute Gasteiger partial charge is 0.495 e. The molecule has 0 bridgehead atoms. The van der Waals surface area contributed by atoms with Crippen molar-refractivity contribution >= 4 is 43.8 Å². The molecule has 4 rings (SSSR count). The molecule has 2 N–H and O–H groups in total. The van der Waals surface area contributed by atoms with Gasteiger partial charge in [-0.2, -0.15) is 0 Å². The third kappa shape index (κ3) is 5.42. The first-order chi connectivity index (χ1) is 15.8. The fourth-order valence-electron chi connectivity index (χ4n) is 3.95. The van der Waals surface area contributed by atoms with E-state index in [4.69, 9.17) is 16.3 Å². The minimum Gasteiger partial charge on any atom is -0.495 e. The minimum absolute atomic E-state index is 0.0301. The zero-order valence-corrected chi connectivity index (χ0v) is 20.7. The van der Waals surface area contributed by atoms with Gasteiger partial charge < -0.3 is 10.1 Å². The lowest BCUT2D eigenvalue weighted by Crippen LogP contribution is -2.21. The quantitative estimate of drug-likeness (QED) is 0.381. The maximum atomic E-state index is 13.5. The van der Waals surface area contributed by atoms with Gasteiger partial charge in [-0.3, -0.25) is 4.72 Å². The first-order valence-electron chi connectivity index (χ1n) is 10.7. The van der Waals surface area contributed by atoms with E-state index in [0.717, 1.165) is 40.2 Å². The van der Waals surface area contributed by atoms with Crippen LogP contribution in [0, 0.1) is 12.7 Å². The Morgan fingerprint density at radius 1 is 1.15 bits per heavy atom. The molecule has 0 amide bonds. The van der Waals surface area contributed by atoms with Crippen molar-refractivity contribution < 1.29 is 17.5 Å². The highest BCUT2D eigenvalue weighted by atomic mass is 35.5. The number of hydrogen-bond donors (Lipinski definition) is 2. The highest BCUT2D eigenvalue weighted by Gasteiger charge is 2.23. The van der Waals surface area contributed by atoms with Crippen LogP contribution in [0.5, 0.6) is 5.75 Å². The number of anilines is 2. The number of aryl methyl sites for hydroxylation is 1. The second-order valence-electron chi connectivity index (χ2n) is 8.01. The Morgan fingerprint density at radius 3 is 2.61 bits per heavy atom. The van der Waals surface area contributed by atoms with Gasteiger partial charge in [0.15, 0.2) is 5.13 Å². The van der Waals surface area contributed by atoms with Crippen LogP contribution in [0.15, 0.2) is 41.3 Å². The first-order valence-corrected chi connectivity index (χ1v) is 13.3. The zero-order chi connectivity index (χ0) is 23.6. The Kier molecular flexibility index (Phi) is 7.11. The maximum Gasteiger partial charge on any atom is 0.265 e. The molecule has 1 aliphatic carbocycles. The van der Waals surface area contributed by atoms with Crippen molar-refractivity contribution in [2.45, 2.75) is 50.0 Å². The second-order valence-corrected chi connectivity index (χ2v) is 11.1. The molecule has 0 aliphatic heterocycles. The van der Waals surface area contributed by atoms with E-state index in [2.05, 4.69) is 15.0 Å². The van der Waals surface area contributed by atoms with Crippen molar-refractivity contribution in [1.29, 1.82) is 0 Å². The molecule has 0 unspecified atom stereocenters. The number of halogens is 2. The topological polar surface area (TPSA) is 80.3 Å². The Morgan fingerprint density at radius 2 is 1.91 bits per heavy atom. The average molecular weight is 510 g/mol. The van der Waals surface area contributed by atoms with Gasteiger partial charge in [0.2, 0.25) is 0 Å². The number of thiazole rings is 1. The summed E-state index contributed by atoms with van der Waals surface area (Å²) in [5, 5.41) is 4.20. The summed E-state index contributed by atoms with van der Waals surface area (Å²) in [4.78, 5) is 5.52. The standard InChI is InChI=1S/C23H25ClFN3O3S2/c1-14-22(32-23(26-14)27-16-6-4-3-5-7-16)15-8-11-20(31-2)21(12-15)33(29,30)28-17-9-10-19(25)18(24)13-17/h8-13,16,28H,3-7H2,1-2H3,(H,26,27). The van der Waals surface area contributed by atoms with Crippen LogP contribution in [-0.4, -0.2) is 26.6 Å². The predicted octanol–water partition coefficient (Wildman–Crippen LogP) is 6.47. The number of benzene rings is 2. The molecule has 1 aliphatic rings. The third-order valence-electron chi connectivity index (χ3n) is 5.62. The molecule has 2 aromatic carbocycles. The third-order valence-corrected chi connectivity index (χ3v) is 8.45. The van der Waals surface area contributed by atoms with Crippen LogP contribution < -0.4 is 14.8 Å². The molecule has 6 nitrogen and oxygen atoms in total. The van der Waals surface area contributed by atoms with Gasteiger partial charge in [-0.1, -0.05) is 42.2 Å². The highest BCUT2D eigenvalue weighted by Crippen LogP contribution is 2.38. The summed E-state index contributed by atoms with van der Waals surface area (Å²) in [5.74, 6) is -0.431. The van der Waals surface area contributed by atoms with E-state index in [-0.39, 0.29) is 21.4 Å². The minimum atomic E-state index is -4.03. The molecule has 176 valence electrons. The van der Waals surface area contributed by atoms with E-state index in [0.29, 0.717) is 6.04 Å². The number of nitrogens with one attached hydrogen (secondary N) is 2. The molecular weight excluding hydrogens is 485 g/mol. The molecule has 0 radical (unpaired) electrons. The summed E-state index contributed by atoms with van der Waals surface area (Å²) in [7, 11) is -2.62. The van der Waals surface area contributed by atoms with Gasteiger partial charge in [-0.25, -0.2) is 17.8 Å². The highest BCUT2D eigenvalue weighted by molar-refractivity contribution is 7.92. The van der Waals surface area contributed by atoms with Crippen LogP contribution in [-0.2, 0) is 10.0 Å². The van der Waals surface area contributed by atoms with Crippen molar-refractivity contribution in [3.8, 4) is 16.2 Å². The molecule has 1 saturated carbocycles. The second kappa shape index (κ2) is 9.87. The molecule has 33 heavy (non-hydrogen) atoms.